The van der Waals surface area contributed by atoms with Crippen molar-refractivity contribution in [2.24, 2.45) is 0 Å². The first-order valence-corrected chi connectivity index (χ1v) is 5.34. The predicted octanol–water partition coefficient (Wildman–Crippen LogP) is 2.61. The number of unbranched alkanes of at least 4 members (excludes halogenated alkanes) is 1. The van der Waals surface area contributed by atoms with Crippen LogP contribution in [0.25, 0.3) is 6.08 Å². The Bertz CT molecular complexity index is 491. The zero-order chi connectivity index (χ0) is 13.4. The van der Waals surface area contributed by atoms with Crippen LogP contribution in [-0.4, -0.2) is 17.7 Å². The van der Waals surface area contributed by atoms with Crippen LogP contribution in [0, 0.1) is 17.1 Å². The topological polar surface area (TPSA) is 70.3 Å². The standard InChI is InChI=1S/C13H12FNO3/c14-11-9-10(4-6-13(16)17)3-5-12(11)18-8-2-1-7-15/h3-6,9H,1-2,8H2,(H,16,17)/b6-4+. The number of carbonyl (C=O) groups is 1. The summed E-state index contributed by atoms with van der Waals surface area (Å²) in [6.45, 7) is 0.273. The quantitative estimate of drug-likeness (QED) is 0.621. The number of halogens is 1. The van der Waals surface area contributed by atoms with Crippen molar-refractivity contribution in [1.29, 1.82) is 5.26 Å². The highest BCUT2D eigenvalue weighted by molar-refractivity contribution is 5.85. The van der Waals surface area contributed by atoms with Crippen molar-refractivity contribution >= 4 is 12.0 Å². The van der Waals surface area contributed by atoms with Gasteiger partial charge in [-0.3, -0.25) is 0 Å². The van der Waals surface area contributed by atoms with Crippen LogP contribution in [0.2, 0.25) is 0 Å². The van der Waals surface area contributed by atoms with Crippen LogP contribution in [0.4, 0.5) is 4.39 Å². The van der Waals surface area contributed by atoms with Gasteiger partial charge in [-0.05, 0) is 30.2 Å². The molecule has 0 radical (unpaired) electrons. The lowest BCUT2D eigenvalue weighted by Gasteiger charge is -2.06. The summed E-state index contributed by atoms with van der Waals surface area (Å²) in [5, 5.41) is 16.8. The summed E-state index contributed by atoms with van der Waals surface area (Å²) >= 11 is 0. The van der Waals surface area contributed by atoms with E-state index in [2.05, 4.69) is 0 Å². The number of carboxylic acids is 1. The first kappa shape index (κ1) is 13.7. The Morgan fingerprint density at radius 1 is 1.56 bits per heavy atom. The maximum Gasteiger partial charge on any atom is 0.328 e. The van der Waals surface area contributed by atoms with Gasteiger partial charge < -0.3 is 9.84 Å². The first-order valence-electron chi connectivity index (χ1n) is 5.34. The second-order valence-corrected chi connectivity index (χ2v) is 3.47. The lowest BCUT2D eigenvalue weighted by molar-refractivity contribution is -0.131. The number of aliphatic carboxylic acids is 1. The Labute approximate surface area is 104 Å². The number of ether oxygens (including phenoxy) is 1. The Morgan fingerprint density at radius 3 is 2.94 bits per heavy atom. The number of hydrogen-bond acceptors (Lipinski definition) is 3. The fourth-order valence-electron chi connectivity index (χ4n) is 1.24. The largest absolute Gasteiger partial charge is 0.490 e. The van der Waals surface area contributed by atoms with Gasteiger partial charge in [-0.2, -0.15) is 5.26 Å². The summed E-state index contributed by atoms with van der Waals surface area (Å²) < 4.78 is 18.7. The molecule has 1 aromatic carbocycles. The minimum Gasteiger partial charge on any atom is -0.490 e. The molecule has 0 aromatic heterocycles. The maximum atomic E-state index is 13.5. The highest BCUT2D eigenvalue weighted by Crippen LogP contribution is 2.19. The van der Waals surface area contributed by atoms with Crippen molar-refractivity contribution in [2.75, 3.05) is 6.61 Å². The minimum atomic E-state index is -1.09. The lowest BCUT2D eigenvalue weighted by Crippen LogP contribution is -1.99. The van der Waals surface area contributed by atoms with Gasteiger partial charge in [-0.1, -0.05) is 6.07 Å². The highest BCUT2D eigenvalue weighted by Gasteiger charge is 2.03. The number of carboxylic acid groups (broad SMARTS) is 1. The summed E-state index contributed by atoms with van der Waals surface area (Å²) in [4.78, 5) is 10.3. The smallest absolute Gasteiger partial charge is 0.328 e. The SMILES string of the molecule is N#CCCCOc1ccc(/C=C/C(=O)O)cc1F. The van der Waals surface area contributed by atoms with Crippen molar-refractivity contribution in [3.63, 3.8) is 0 Å². The molecule has 1 aromatic rings. The van der Waals surface area contributed by atoms with Gasteiger partial charge in [-0.15, -0.1) is 0 Å². The van der Waals surface area contributed by atoms with E-state index in [1.807, 2.05) is 6.07 Å². The second kappa shape index (κ2) is 7.07. The molecule has 0 saturated heterocycles. The number of hydrogen-bond donors (Lipinski definition) is 1. The average molecular weight is 249 g/mol. The first-order chi connectivity index (χ1) is 8.63. The molecule has 0 heterocycles. The summed E-state index contributed by atoms with van der Waals surface area (Å²) in [6.07, 6.45) is 3.13. The zero-order valence-corrected chi connectivity index (χ0v) is 9.60. The van der Waals surface area contributed by atoms with Gasteiger partial charge in [0, 0.05) is 12.5 Å². The molecule has 0 bridgehead atoms. The average Bonchev–Trinajstić information content (AvgIpc) is 2.34. The van der Waals surface area contributed by atoms with Crippen LogP contribution < -0.4 is 4.74 Å². The van der Waals surface area contributed by atoms with Crippen LogP contribution >= 0.6 is 0 Å². The molecular weight excluding hydrogens is 237 g/mol. The molecule has 18 heavy (non-hydrogen) atoms. The van der Waals surface area contributed by atoms with Gasteiger partial charge in [0.15, 0.2) is 11.6 Å². The molecule has 0 spiro atoms. The van der Waals surface area contributed by atoms with E-state index < -0.39 is 11.8 Å². The van der Waals surface area contributed by atoms with E-state index >= 15 is 0 Å². The van der Waals surface area contributed by atoms with Crippen molar-refractivity contribution in [3.8, 4) is 11.8 Å². The fourth-order valence-corrected chi connectivity index (χ4v) is 1.24. The number of nitriles is 1. The van der Waals surface area contributed by atoms with Crippen molar-refractivity contribution < 1.29 is 19.0 Å². The Morgan fingerprint density at radius 2 is 2.33 bits per heavy atom. The molecule has 0 amide bonds. The van der Waals surface area contributed by atoms with E-state index in [-0.39, 0.29) is 12.4 Å². The van der Waals surface area contributed by atoms with Crippen molar-refractivity contribution in [2.45, 2.75) is 12.8 Å². The van der Waals surface area contributed by atoms with Gasteiger partial charge in [-0.25, -0.2) is 9.18 Å². The summed E-state index contributed by atoms with van der Waals surface area (Å²) in [6, 6.07) is 6.15. The molecule has 94 valence electrons. The Kier molecular flexibility index (Phi) is 5.39. The maximum absolute atomic E-state index is 13.5. The molecule has 0 aliphatic carbocycles. The zero-order valence-electron chi connectivity index (χ0n) is 9.60. The number of benzene rings is 1. The third kappa shape index (κ3) is 4.66. The van der Waals surface area contributed by atoms with Crippen LogP contribution in [-0.2, 0) is 4.79 Å². The molecule has 1 rings (SSSR count). The Hall–Kier alpha value is -2.35. The normalized spacial score (nSPS) is 10.2. The Balaban J connectivity index is 2.62. The number of rotatable bonds is 6. The van der Waals surface area contributed by atoms with E-state index in [1.54, 1.807) is 6.07 Å². The highest BCUT2D eigenvalue weighted by atomic mass is 19.1. The van der Waals surface area contributed by atoms with Crippen molar-refractivity contribution in [1.82, 2.24) is 0 Å². The van der Waals surface area contributed by atoms with Gasteiger partial charge >= 0.3 is 5.97 Å². The van der Waals surface area contributed by atoms with Crippen molar-refractivity contribution in [3.05, 3.63) is 35.7 Å². The summed E-state index contributed by atoms with van der Waals surface area (Å²) in [5.41, 5.74) is 0.444. The molecular formula is C13H12FNO3. The second-order valence-electron chi connectivity index (χ2n) is 3.47. The van der Waals surface area contributed by atoms with Gasteiger partial charge in [0.05, 0.1) is 12.7 Å². The van der Waals surface area contributed by atoms with E-state index in [0.29, 0.717) is 18.4 Å². The third-order valence-corrected chi connectivity index (χ3v) is 2.06. The molecule has 4 nitrogen and oxygen atoms in total. The van der Waals surface area contributed by atoms with E-state index in [1.165, 1.54) is 18.2 Å². The predicted molar refractivity (Wildman–Crippen MR) is 63.4 cm³/mol. The molecule has 5 heteroatoms. The van der Waals surface area contributed by atoms with Gasteiger partial charge in [0.25, 0.3) is 0 Å². The molecule has 0 unspecified atom stereocenters. The minimum absolute atomic E-state index is 0.0976. The third-order valence-electron chi connectivity index (χ3n) is 2.06. The van der Waals surface area contributed by atoms with E-state index in [9.17, 15) is 9.18 Å². The fraction of sp³-hybridized carbons (Fsp3) is 0.231. The van der Waals surface area contributed by atoms with Crippen LogP contribution in [0.15, 0.2) is 24.3 Å². The number of nitrogens with zero attached hydrogens (tertiary/aromatic N) is 1. The van der Waals surface area contributed by atoms with Crippen LogP contribution in [0.5, 0.6) is 5.75 Å². The van der Waals surface area contributed by atoms with Gasteiger partial charge in [0.1, 0.15) is 0 Å². The molecule has 1 N–H and O–H groups in total. The molecule has 0 aliphatic heterocycles. The lowest BCUT2D eigenvalue weighted by atomic mass is 10.2. The van der Waals surface area contributed by atoms with E-state index in [0.717, 1.165) is 6.08 Å². The molecule has 0 fully saturated rings. The molecule has 0 atom stereocenters. The monoisotopic (exact) mass is 249 g/mol. The molecule has 0 aliphatic rings. The van der Waals surface area contributed by atoms with Gasteiger partial charge in [0.2, 0.25) is 0 Å². The van der Waals surface area contributed by atoms with Crippen LogP contribution in [0.3, 0.4) is 0 Å². The van der Waals surface area contributed by atoms with Crippen LogP contribution in [0.1, 0.15) is 18.4 Å². The summed E-state index contributed by atoms with van der Waals surface area (Å²) in [5.74, 6) is -1.55. The molecule has 0 saturated carbocycles. The summed E-state index contributed by atoms with van der Waals surface area (Å²) in [7, 11) is 0. The van der Waals surface area contributed by atoms with E-state index in [4.69, 9.17) is 15.1 Å².